The van der Waals surface area contributed by atoms with Crippen molar-refractivity contribution in [2.24, 2.45) is 0 Å². The fraction of sp³-hybridized carbons (Fsp3) is 0.478. The average molecular weight is 486 g/mol. The van der Waals surface area contributed by atoms with Gasteiger partial charge in [-0.15, -0.1) is 11.8 Å². The van der Waals surface area contributed by atoms with Gasteiger partial charge >= 0.3 is 8.25 Å². The van der Waals surface area contributed by atoms with E-state index in [0.717, 1.165) is 36.1 Å². The first-order valence-corrected chi connectivity index (χ1v) is 13.1. The van der Waals surface area contributed by atoms with Crippen LogP contribution in [0.3, 0.4) is 0 Å². The number of unbranched alkanes of at least 4 members (excludes halogenated alkanes) is 1. The third-order valence-electron chi connectivity index (χ3n) is 5.56. The van der Waals surface area contributed by atoms with E-state index in [0.29, 0.717) is 37.6 Å². The van der Waals surface area contributed by atoms with Gasteiger partial charge in [-0.05, 0) is 60.9 Å². The molecule has 0 bridgehead atoms. The molecule has 1 saturated heterocycles. The van der Waals surface area contributed by atoms with E-state index in [9.17, 15) is 13.3 Å². The molecule has 2 aromatic carbocycles. The summed E-state index contributed by atoms with van der Waals surface area (Å²) in [6, 6.07) is 12.2. The number of ether oxygens (including phenoxy) is 1. The minimum absolute atomic E-state index is 0.169. The predicted octanol–water partition coefficient (Wildman–Crippen LogP) is 5.07. The molecule has 1 heterocycles. The van der Waals surface area contributed by atoms with E-state index in [1.165, 1.54) is 23.9 Å². The molecule has 9 heteroatoms. The van der Waals surface area contributed by atoms with Crippen LogP contribution in [0.2, 0.25) is 0 Å². The fourth-order valence-corrected chi connectivity index (χ4v) is 5.03. The van der Waals surface area contributed by atoms with Crippen LogP contribution in [-0.4, -0.2) is 37.0 Å². The maximum atomic E-state index is 14.4. The van der Waals surface area contributed by atoms with Crippen molar-refractivity contribution < 1.29 is 27.5 Å². The van der Waals surface area contributed by atoms with E-state index in [1.807, 2.05) is 18.2 Å². The lowest BCUT2D eigenvalue weighted by atomic mass is 9.74. The lowest BCUT2D eigenvalue weighted by Crippen LogP contribution is -2.47. The number of thioether (sulfide) groups is 1. The lowest BCUT2D eigenvalue weighted by molar-refractivity contribution is -0.0668. The average Bonchev–Trinajstić information content (AvgIpc) is 2.74. The molecule has 0 aromatic heterocycles. The third-order valence-corrected chi connectivity index (χ3v) is 7.14. The van der Waals surface area contributed by atoms with E-state index in [-0.39, 0.29) is 23.7 Å². The minimum Gasteiger partial charge on any atom is -0.379 e. The van der Waals surface area contributed by atoms with E-state index >= 15 is 0 Å². The molecule has 0 amide bonds. The molecule has 1 aliphatic rings. The Labute approximate surface area is 192 Å². The standard InChI is InChI=1S/C23H30F2NO4PS/c24-20-7-2-1-6-19(20)23(16-29-17-23)10-3-4-13-32-22-9-8-18(14-21(22)25)15-26-11-5-12-30-31(27)28/h1-2,6-9,14,26,31H,3-5,10-13,15-17H2,(H,27,28). The highest BCUT2D eigenvalue weighted by Crippen LogP contribution is 2.38. The number of hydrogen-bond acceptors (Lipinski definition) is 5. The summed E-state index contributed by atoms with van der Waals surface area (Å²) in [6.45, 7) is 2.48. The summed E-state index contributed by atoms with van der Waals surface area (Å²) in [5, 5.41) is 3.16. The maximum Gasteiger partial charge on any atom is 0.316 e. The zero-order valence-corrected chi connectivity index (χ0v) is 19.8. The third kappa shape index (κ3) is 7.37. The van der Waals surface area contributed by atoms with Crippen molar-refractivity contribution in [3.8, 4) is 0 Å². The highest BCUT2D eigenvalue weighted by atomic mass is 32.2. The Kier molecular flexibility index (Phi) is 10.2. The van der Waals surface area contributed by atoms with E-state index in [2.05, 4.69) is 9.84 Å². The Bertz CT molecular complexity index is 898. The van der Waals surface area contributed by atoms with Crippen molar-refractivity contribution in [3.05, 3.63) is 65.2 Å². The first kappa shape index (κ1) is 25.3. The van der Waals surface area contributed by atoms with Crippen molar-refractivity contribution in [1.82, 2.24) is 5.32 Å². The molecule has 3 rings (SSSR count). The van der Waals surface area contributed by atoms with Crippen LogP contribution in [0.4, 0.5) is 8.78 Å². The molecule has 0 saturated carbocycles. The summed E-state index contributed by atoms with van der Waals surface area (Å²) in [7, 11) is -2.87. The largest absolute Gasteiger partial charge is 0.379 e. The first-order valence-electron chi connectivity index (χ1n) is 10.8. The molecule has 2 aromatic rings. The second-order valence-corrected chi connectivity index (χ2v) is 9.93. The smallest absolute Gasteiger partial charge is 0.316 e. The number of nitrogens with one attached hydrogen (secondary N) is 1. The molecule has 176 valence electrons. The van der Waals surface area contributed by atoms with Gasteiger partial charge in [0.25, 0.3) is 0 Å². The molecular weight excluding hydrogens is 455 g/mol. The van der Waals surface area contributed by atoms with Gasteiger partial charge in [0.15, 0.2) is 0 Å². The number of benzene rings is 2. The van der Waals surface area contributed by atoms with Gasteiger partial charge in [0.1, 0.15) is 11.6 Å². The van der Waals surface area contributed by atoms with Crippen molar-refractivity contribution in [2.45, 2.75) is 42.5 Å². The fourth-order valence-electron chi connectivity index (χ4n) is 3.78. The molecule has 32 heavy (non-hydrogen) atoms. The Morgan fingerprint density at radius 2 is 1.94 bits per heavy atom. The molecular formula is C23H30F2NO4PS. The van der Waals surface area contributed by atoms with Gasteiger partial charge in [0.05, 0.1) is 19.8 Å². The zero-order chi connectivity index (χ0) is 22.8. The van der Waals surface area contributed by atoms with Gasteiger partial charge in [-0.25, -0.2) is 8.78 Å². The Hall–Kier alpha value is -1.28. The van der Waals surface area contributed by atoms with Crippen LogP contribution in [0.5, 0.6) is 0 Å². The molecule has 1 unspecified atom stereocenters. The maximum absolute atomic E-state index is 14.4. The Balaban J connectivity index is 1.36. The topological polar surface area (TPSA) is 67.8 Å². The summed E-state index contributed by atoms with van der Waals surface area (Å²) < 4.78 is 49.1. The highest BCUT2D eigenvalue weighted by Gasteiger charge is 2.41. The summed E-state index contributed by atoms with van der Waals surface area (Å²) in [5.74, 6) is 0.404. The summed E-state index contributed by atoms with van der Waals surface area (Å²) in [5.41, 5.74) is 1.37. The molecule has 0 spiro atoms. The second-order valence-electron chi connectivity index (χ2n) is 7.97. The normalized spacial score (nSPS) is 16.0. The minimum atomic E-state index is -2.87. The highest BCUT2D eigenvalue weighted by molar-refractivity contribution is 7.99. The molecule has 5 nitrogen and oxygen atoms in total. The lowest BCUT2D eigenvalue weighted by Gasteiger charge is -2.42. The first-order chi connectivity index (χ1) is 15.5. The monoisotopic (exact) mass is 485 g/mol. The second kappa shape index (κ2) is 12.8. The van der Waals surface area contributed by atoms with Crippen molar-refractivity contribution >= 4 is 20.0 Å². The zero-order valence-electron chi connectivity index (χ0n) is 17.9. The Morgan fingerprint density at radius 1 is 1.12 bits per heavy atom. The number of rotatable bonds is 14. The SMILES string of the molecule is O=[PH](O)OCCCNCc1ccc(SCCCCC2(c3ccccc3F)COC2)c(F)c1. The molecule has 2 N–H and O–H groups in total. The number of halogens is 2. The van der Waals surface area contributed by atoms with Crippen LogP contribution >= 0.6 is 20.0 Å². The van der Waals surface area contributed by atoms with Gasteiger partial charge in [0.2, 0.25) is 0 Å². The van der Waals surface area contributed by atoms with Crippen LogP contribution in [-0.2, 0) is 25.8 Å². The van der Waals surface area contributed by atoms with Gasteiger partial charge in [0, 0.05) is 16.9 Å². The molecule has 1 atom stereocenters. The molecule has 0 aliphatic carbocycles. The molecule has 0 radical (unpaired) electrons. The van der Waals surface area contributed by atoms with E-state index in [1.54, 1.807) is 12.1 Å². The van der Waals surface area contributed by atoms with E-state index < -0.39 is 8.25 Å². The van der Waals surface area contributed by atoms with Crippen LogP contribution in [0.15, 0.2) is 47.4 Å². The van der Waals surface area contributed by atoms with Crippen molar-refractivity contribution in [1.29, 1.82) is 0 Å². The summed E-state index contributed by atoms with van der Waals surface area (Å²) in [4.78, 5) is 9.21. The predicted molar refractivity (Wildman–Crippen MR) is 123 cm³/mol. The van der Waals surface area contributed by atoms with Gasteiger partial charge in [-0.3, -0.25) is 4.57 Å². The van der Waals surface area contributed by atoms with E-state index in [4.69, 9.17) is 9.63 Å². The van der Waals surface area contributed by atoms with Gasteiger partial charge < -0.3 is 19.5 Å². The summed E-state index contributed by atoms with van der Waals surface area (Å²) >= 11 is 1.50. The Morgan fingerprint density at radius 3 is 2.62 bits per heavy atom. The molecule has 1 aliphatic heterocycles. The van der Waals surface area contributed by atoms with Crippen molar-refractivity contribution in [3.63, 3.8) is 0 Å². The number of hydrogen-bond donors (Lipinski definition) is 2. The van der Waals surface area contributed by atoms with Crippen molar-refractivity contribution in [2.75, 3.05) is 32.1 Å². The van der Waals surface area contributed by atoms with Gasteiger partial charge in [-0.1, -0.05) is 30.7 Å². The molecule has 1 fully saturated rings. The van der Waals surface area contributed by atoms with Crippen LogP contribution in [0, 0.1) is 11.6 Å². The van der Waals surface area contributed by atoms with Crippen LogP contribution in [0.1, 0.15) is 36.8 Å². The van der Waals surface area contributed by atoms with Crippen LogP contribution in [0.25, 0.3) is 0 Å². The van der Waals surface area contributed by atoms with Crippen LogP contribution < -0.4 is 5.32 Å². The quantitative estimate of drug-likeness (QED) is 0.221. The summed E-state index contributed by atoms with van der Waals surface area (Å²) in [6.07, 6.45) is 3.33. The van der Waals surface area contributed by atoms with Gasteiger partial charge in [-0.2, -0.15) is 0 Å².